The number of halogens is 3. The summed E-state index contributed by atoms with van der Waals surface area (Å²) < 4.78 is 47.4. The van der Waals surface area contributed by atoms with Gasteiger partial charge in [-0.25, -0.2) is 9.78 Å². The second-order valence-electron chi connectivity index (χ2n) is 9.60. The van der Waals surface area contributed by atoms with Gasteiger partial charge in [-0.15, -0.1) is 13.2 Å². The van der Waals surface area contributed by atoms with Crippen molar-refractivity contribution in [2.24, 2.45) is 0 Å². The SMILES string of the molecule is CC(C)(C)OC(=O)N1CCN(C(=O)CCNc2nc(NCc3ccccc3OC(F)(F)F)ncc2C#N)CC1. The van der Waals surface area contributed by atoms with Crippen LogP contribution in [0.15, 0.2) is 30.5 Å². The highest BCUT2D eigenvalue weighted by Gasteiger charge is 2.32. The molecular weight excluding hydrogens is 519 g/mol. The van der Waals surface area contributed by atoms with E-state index in [9.17, 15) is 28.0 Å². The fourth-order valence-electron chi connectivity index (χ4n) is 3.64. The number of ether oxygens (including phenoxy) is 2. The Morgan fingerprint density at radius 3 is 2.38 bits per heavy atom. The van der Waals surface area contributed by atoms with E-state index < -0.39 is 18.1 Å². The zero-order valence-electron chi connectivity index (χ0n) is 21.8. The molecule has 0 spiro atoms. The minimum absolute atomic E-state index is 0.0641. The van der Waals surface area contributed by atoms with Crippen LogP contribution in [0.5, 0.6) is 5.75 Å². The Bertz CT molecular complexity index is 1200. The maximum absolute atomic E-state index is 12.7. The van der Waals surface area contributed by atoms with E-state index in [0.29, 0.717) is 26.2 Å². The van der Waals surface area contributed by atoms with E-state index in [1.807, 2.05) is 6.07 Å². The van der Waals surface area contributed by atoms with Gasteiger partial charge in [0.25, 0.3) is 0 Å². The van der Waals surface area contributed by atoms with E-state index in [-0.39, 0.29) is 54.1 Å². The van der Waals surface area contributed by atoms with Crippen molar-refractivity contribution < 1.29 is 32.2 Å². The molecule has 2 amide bonds. The minimum atomic E-state index is -4.83. The van der Waals surface area contributed by atoms with Crippen molar-refractivity contribution >= 4 is 23.8 Å². The standard InChI is InChI=1S/C25H30F3N7O4/c1-24(2,3)39-23(37)35-12-10-34(11-13-35)20(36)8-9-30-21-18(14-29)16-32-22(33-21)31-15-17-6-4-5-7-19(17)38-25(26,27)28/h4-7,16H,8-13,15H2,1-3H3,(H2,30,31,32,33). The van der Waals surface area contributed by atoms with Gasteiger partial charge >= 0.3 is 12.5 Å². The summed E-state index contributed by atoms with van der Waals surface area (Å²) in [4.78, 5) is 36.3. The third-order valence-corrected chi connectivity index (χ3v) is 5.46. The maximum Gasteiger partial charge on any atom is 0.573 e. The van der Waals surface area contributed by atoms with Crippen LogP contribution in [0.2, 0.25) is 0 Å². The number of para-hydroxylation sites is 1. The number of benzene rings is 1. The number of carbonyl (C=O) groups is 2. The highest BCUT2D eigenvalue weighted by Crippen LogP contribution is 2.26. The van der Waals surface area contributed by atoms with Crippen LogP contribution in [-0.2, 0) is 16.1 Å². The summed E-state index contributed by atoms with van der Waals surface area (Å²) in [5.41, 5.74) is -0.227. The van der Waals surface area contributed by atoms with E-state index in [1.165, 1.54) is 24.4 Å². The fraction of sp³-hybridized carbons (Fsp3) is 0.480. The van der Waals surface area contributed by atoms with E-state index in [0.717, 1.165) is 0 Å². The molecule has 0 saturated carbocycles. The highest BCUT2D eigenvalue weighted by atomic mass is 19.4. The highest BCUT2D eigenvalue weighted by molar-refractivity contribution is 5.77. The third kappa shape index (κ3) is 9.20. The molecule has 0 aliphatic carbocycles. The topological polar surface area (TPSA) is 133 Å². The number of aromatic nitrogens is 2. The number of nitrogens with one attached hydrogen (secondary N) is 2. The first kappa shape index (κ1) is 29.3. The third-order valence-electron chi connectivity index (χ3n) is 5.46. The number of carbonyl (C=O) groups excluding carboxylic acids is 2. The second-order valence-corrected chi connectivity index (χ2v) is 9.60. The molecule has 1 aromatic carbocycles. The van der Waals surface area contributed by atoms with Gasteiger partial charge in [0.2, 0.25) is 11.9 Å². The zero-order chi connectivity index (χ0) is 28.6. The van der Waals surface area contributed by atoms with Crippen LogP contribution in [0.3, 0.4) is 0 Å². The molecule has 2 heterocycles. The fourth-order valence-corrected chi connectivity index (χ4v) is 3.64. The molecule has 14 heteroatoms. The lowest BCUT2D eigenvalue weighted by Crippen LogP contribution is -2.51. The number of amides is 2. The number of hydrogen-bond donors (Lipinski definition) is 2. The molecule has 0 unspecified atom stereocenters. The van der Waals surface area contributed by atoms with Crippen LogP contribution >= 0.6 is 0 Å². The molecule has 0 radical (unpaired) electrons. The van der Waals surface area contributed by atoms with Crippen molar-refractivity contribution in [1.29, 1.82) is 5.26 Å². The molecule has 39 heavy (non-hydrogen) atoms. The molecule has 210 valence electrons. The first-order valence-corrected chi connectivity index (χ1v) is 12.2. The van der Waals surface area contributed by atoms with Crippen LogP contribution in [0.25, 0.3) is 0 Å². The van der Waals surface area contributed by atoms with Gasteiger partial charge in [-0.05, 0) is 26.8 Å². The van der Waals surface area contributed by atoms with Crippen molar-refractivity contribution in [1.82, 2.24) is 19.8 Å². The lowest BCUT2D eigenvalue weighted by molar-refractivity contribution is -0.274. The number of alkyl halides is 3. The number of rotatable bonds is 8. The van der Waals surface area contributed by atoms with E-state index in [1.54, 1.807) is 36.6 Å². The van der Waals surface area contributed by atoms with Crippen molar-refractivity contribution in [3.05, 3.63) is 41.6 Å². The summed E-state index contributed by atoms with van der Waals surface area (Å²) in [5, 5.41) is 15.2. The predicted octanol–water partition coefficient (Wildman–Crippen LogP) is 3.74. The summed E-state index contributed by atoms with van der Waals surface area (Å²) in [6, 6.07) is 7.62. The van der Waals surface area contributed by atoms with Gasteiger partial charge in [0.1, 0.15) is 28.8 Å². The van der Waals surface area contributed by atoms with Crippen LogP contribution in [0, 0.1) is 11.3 Å². The summed E-state index contributed by atoms with van der Waals surface area (Å²) in [6.07, 6.45) is -3.86. The Morgan fingerprint density at radius 1 is 1.08 bits per heavy atom. The number of piperazine rings is 1. The molecule has 11 nitrogen and oxygen atoms in total. The first-order valence-electron chi connectivity index (χ1n) is 12.2. The normalized spacial score (nSPS) is 13.9. The summed E-state index contributed by atoms with van der Waals surface area (Å²) in [6.45, 7) is 6.97. The lowest BCUT2D eigenvalue weighted by Gasteiger charge is -2.35. The van der Waals surface area contributed by atoms with Gasteiger partial charge in [-0.2, -0.15) is 10.2 Å². The molecule has 2 N–H and O–H groups in total. The molecule has 0 bridgehead atoms. The Labute approximate surface area is 223 Å². The monoisotopic (exact) mass is 549 g/mol. The Kier molecular flexibility index (Phi) is 9.39. The second kappa shape index (κ2) is 12.5. The molecule has 0 atom stereocenters. The molecule has 1 aromatic heterocycles. The van der Waals surface area contributed by atoms with Gasteiger partial charge in [-0.3, -0.25) is 4.79 Å². The molecule has 1 saturated heterocycles. The molecule has 3 rings (SSSR count). The van der Waals surface area contributed by atoms with Crippen molar-refractivity contribution in [3.8, 4) is 11.8 Å². The average Bonchev–Trinajstić information content (AvgIpc) is 2.86. The van der Waals surface area contributed by atoms with Crippen molar-refractivity contribution in [2.75, 3.05) is 43.4 Å². The average molecular weight is 550 g/mol. The van der Waals surface area contributed by atoms with E-state index >= 15 is 0 Å². The van der Waals surface area contributed by atoms with Gasteiger partial charge in [-0.1, -0.05) is 18.2 Å². The summed E-state index contributed by atoms with van der Waals surface area (Å²) >= 11 is 0. The summed E-state index contributed by atoms with van der Waals surface area (Å²) in [5.74, 6) is -0.228. The van der Waals surface area contributed by atoms with Crippen LogP contribution in [0.4, 0.5) is 29.7 Å². The molecular formula is C25H30F3N7O4. The summed E-state index contributed by atoms with van der Waals surface area (Å²) in [7, 11) is 0. The molecule has 1 aliphatic rings. The Balaban J connectivity index is 1.52. The van der Waals surface area contributed by atoms with E-state index in [4.69, 9.17) is 4.74 Å². The number of hydrogen-bond acceptors (Lipinski definition) is 9. The first-order chi connectivity index (χ1) is 18.3. The van der Waals surface area contributed by atoms with Crippen molar-refractivity contribution in [3.63, 3.8) is 0 Å². The number of nitriles is 1. The molecule has 1 aliphatic heterocycles. The van der Waals surface area contributed by atoms with Gasteiger partial charge in [0, 0.05) is 51.3 Å². The number of anilines is 2. The van der Waals surface area contributed by atoms with Crippen LogP contribution < -0.4 is 15.4 Å². The van der Waals surface area contributed by atoms with Crippen LogP contribution in [-0.4, -0.2) is 76.5 Å². The van der Waals surface area contributed by atoms with E-state index in [2.05, 4.69) is 25.3 Å². The van der Waals surface area contributed by atoms with Crippen LogP contribution in [0.1, 0.15) is 38.3 Å². The largest absolute Gasteiger partial charge is 0.573 e. The number of nitrogens with zero attached hydrogens (tertiary/aromatic N) is 5. The van der Waals surface area contributed by atoms with Gasteiger partial charge in [0.05, 0.1) is 6.20 Å². The Hall–Kier alpha value is -4.28. The smallest absolute Gasteiger partial charge is 0.444 e. The Morgan fingerprint density at radius 2 is 1.74 bits per heavy atom. The van der Waals surface area contributed by atoms with Crippen molar-refractivity contribution in [2.45, 2.75) is 45.7 Å². The minimum Gasteiger partial charge on any atom is -0.444 e. The van der Waals surface area contributed by atoms with Gasteiger partial charge < -0.3 is 29.9 Å². The quantitative estimate of drug-likeness (QED) is 0.505. The molecule has 2 aromatic rings. The maximum atomic E-state index is 12.7. The zero-order valence-corrected chi connectivity index (χ0v) is 21.8. The molecule has 1 fully saturated rings. The predicted molar refractivity (Wildman–Crippen MR) is 135 cm³/mol. The lowest BCUT2D eigenvalue weighted by atomic mass is 10.2. The van der Waals surface area contributed by atoms with Gasteiger partial charge in [0.15, 0.2) is 0 Å².